The molecule has 3 aromatic rings. The summed E-state index contributed by atoms with van der Waals surface area (Å²) in [5.74, 6) is 0.480. The Bertz CT molecular complexity index is 831. The zero-order valence-corrected chi connectivity index (χ0v) is 11.4. The minimum absolute atomic E-state index is 0.211. The Kier molecular flexibility index (Phi) is 3.11. The van der Waals surface area contributed by atoms with E-state index in [4.69, 9.17) is 21.1 Å². The molecule has 2 heterocycles. The number of hydrogen-bond acceptors (Lipinski definition) is 5. The average Bonchev–Trinajstić information content (AvgIpc) is 2.99. The Hall–Kier alpha value is -2.41. The largest absolute Gasteiger partial charge is 0.448 e. The number of aromatic nitrogens is 2. The molecule has 0 aliphatic carbocycles. The summed E-state index contributed by atoms with van der Waals surface area (Å²) in [4.78, 5) is 19.2. The van der Waals surface area contributed by atoms with E-state index in [1.54, 1.807) is 25.1 Å². The molecule has 3 rings (SSSR count). The van der Waals surface area contributed by atoms with Crippen molar-refractivity contribution in [1.29, 1.82) is 0 Å². The fraction of sp³-hybridized carbons (Fsp3) is 0.154. The fourth-order valence-electron chi connectivity index (χ4n) is 1.85. The molecule has 0 spiro atoms. The van der Waals surface area contributed by atoms with Gasteiger partial charge in [0.25, 0.3) is 10.7 Å². The number of aryl methyl sites for hydroxylation is 1. The van der Waals surface area contributed by atoms with Gasteiger partial charge in [0.1, 0.15) is 11.5 Å². The molecule has 0 saturated carbocycles. The van der Waals surface area contributed by atoms with Crippen LogP contribution in [0.1, 0.15) is 21.8 Å². The fourth-order valence-corrected chi connectivity index (χ4v) is 2.05. The van der Waals surface area contributed by atoms with Crippen LogP contribution in [0.2, 0.25) is 0 Å². The highest BCUT2D eigenvalue weighted by Gasteiger charge is 2.10. The highest BCUT2D eigenvalue weighted by molar-refractivity contribution is 7.71. The summed E-state index contributed by atoms with van der Waals surface area (Å²) in [6.45, 7) is 2.11. The number of nitrogens with zero attached hydrogens (tertiary/aromatic N) is 1. The van der Waals surface area contributed by atoms with Gasteiger partial charge >= 0.3 is 0 Å². The van der Waals surface area contributed by atoms with Crippen molar-refractivity contribution in [2.24, 2.45) is 0 Å². The second kappa shape index (κ2) is 4.93. The molecule has 2 N–H and O–H groups in total. The number of carbonyl (C=O) groups is 1. The number of benzene rings is 1. The van der Waals surface area contributed by atoms with Crippen LogP contribution in [0.4, 0.5) is 0 Å². The molecule has 0 unspecified atom stereocenters. The predicted molar refractivity (Wildman–Crippen MR) is 73.8 cm³/mol. The average molecular weight is 289 g/mol. The third-order valence-corrected chi connectivity index (χ3v) is 3.13. The van der Waals surface area contributed by atoms with E-state index in [9.17, 15) is 4.79 Å². The third kappa shape index (κ3) is 2.35. The van der Waals surface area contributed by atoms with Crippen LogP contribution in [0.5, 0.6) is 0 Å². The van der Waals surface area contributed by atoms with E-state index in [0.29, 0.717) is 29.1 Å². The van der Waals surface area contributed by atoms with Crippen LogP contribution in [0.15, 0.2) is 33.4 Å². The molecule has 6 nitrogen and oxygen atoms in total. The molecule has 20 heavy (non-hydrogen) atoms. The third-order valence-electron chi connectivity index (χ3n) is 2.94. The van der Waals surface area contributed by atoms with Gasteiger partial charge in [0.2, 0.25) is 0 Å². The first-order valence-electron chi connectivity index (χ1n) is 5.93. The Labute approximate surface area is 118 Å². The van der Waals surface area contributed by atoms with Crippen molar-refractivity contribution in [3.8, 4) is 0 Å². The van der Waals surface area contributed by atoms with Crippen LogP contribution in [0.25, 0.3) is 11.1 Å². The SMILES string of the molecule is Cc1ocnc1CNC(=O)c1ccc2[nH]c(=S)oc2c1. The maximum Gasteiger partial charge on any atom is 0.266 e. The second-order valence-electron chi connectivity index (χ2n) is 4.26. The number of oxazole rings is 2. The summed E-state index contributed by atoms with van der Waals surface area (Å²) < 4.78 is 10.3. The van der Waals surface area contributed by atoms with Crippen LogP contribution in [0.3, 0.4) is 0 Å². The van der Waals surface area contributed by atoms with Crippen molar-refractivity contribution in [2.45, 2.75) is 13.5 Å². The van der Waals surface area contributed by atoms with Crippen molar-refractivity contribution < 1.29 is 13.6 Å². The summed E-state index contributed by atoms with van der Waals surface area (Å²) in [7, 11) is 0. The number of amides is 1. The zero-order valence-electron chi connectivity index (χ0n) is 10.6. The van der Waals surface area contributed by atoms with Crippen molar-refractivity contribution in [2.75, 3.05) is 0 Å². The molecule has 0 radical (unpaired) electrons. The molecule has 7 heteroatoms. The van der Waals surface area contributed by atoms with E-state index in [0.717, 1.165) is 5.52 Å². The molecular formula is C13H11N3O3S. The van der Waals surface area contributed by atoms with Crippen molar-refractivity contribution in [3.63, 3.8) is 0 Å². The topological polar surface area (TPSA) is 84.1 Å². The second-order valence-corrected chi connectivity index (χ2v) is 4.63. The van der Waals surface area contributed by atoms with Gasteiger partial charge in [-0.25, -0.2) is 4.98 Å². The lowest BCUT2D eigenvalue weighted by molar-refractivity contribution is 0.0950. The predicted octanol–water partition coefficient (Wildman–Crippen LogP) is 2.72. The van der Waals surface area contributed by atoms with Gasteiger partial charge in [-0.1, -0.05) is 0 Å². The summed E-state index contributed by atoms with van der Waals surface area (Å²) in [5, 5.41) is 2.77. The first-order valence-corrected chi connectivity index (χ1v) is 6.34. The number of rotatable bonds is 3. The lowest BCUT2D eigenvalue weighted by atomic mass is 10.2. The number of fused-ring (bicyclic) bond motifs is 1. The molecule has 1 aromatic carbocycles. The van der Waals surface area contributed by atoms with Gasteiger partial charge in [-0.05, 0) is 37.3 Å². The standard InChI is InChI=1S/C13H11N3O3S/c1-7-10(15-6-18-7)5-14-12(17)8-2-3-9-11(4-8)19-13(20)16-9/h2-4,6H,5H2,1H3,(H,14,17)(H,16,20). The van der Waals surface area contributed by atoms with Crippen LogP contribution in [0, 0.1) is 11.8 Å². The summed E-state index contributed by atoms with van der Waals surface area (Å²) >= 11 is 4.90. The van der Waals surface area contributed by atoms with Gasteiger partial charge in [0, 0.05) is 5.56 Å². The normalized spacial score (nSPS) is 10.8. The molecule has 0 fully saturated rings. The molecule has 0 atom stereocenters. The van der Waals surface area contributed by atoms with Gasteiger partial charge in [0.05, 0.1) is 12.1 Å². The Balaban J connectivity index is 1.78. The van der Waals surface area contributed by atoms with E-state index in [2.05, 4.69) is 15.3 Å². The molecule has 0 aliphatic heterocycles. The number of nitrogens with one attached hydrogen (secondary N) is 2. The minimum atomic E-state index is -0.211. The van der Waals surface area contributed by atoms with Crippen molar-refractivity contribution in [1.82, 2.24) is 15.3 Å². The van der Waals surface area contributed by atoms with Crippen LogP contribution in [-0.2, 0) is 6.54 Å². The summed E-state index contributed by atoms with van der Waals surface area (Å²) in [6.07, 6.45) is 1.35. The van der Waals surface area contributed by atoms with E-state index in [1.165, 1.54) is 6.39 Å². The van der Waals surface area contributed by atoms with E-state index < -0.39 is 0 Å². The van der Waals surface area contributed by atoms with Crippen LogP contribution < -0.4 is 5.32 Å². The maximum atomic E-state index is 12.1. The van der Waals surface area contributed by atoms with E-state index in [1.807, 2.05) is 0 Å². The van der Waals surface area contributed by atoms with Crippen molar-refractivity contribution >= 4 is 29.2 Å². The first-order chi connectivity index (χ1) is 9.63. The number of carbonyl (C=O) groups excluding carboxylic acids is 1. The number of hydrogen-bond donors (Lipinski definition) is 2. The molecule has 2 aromatic heterocycles. The highest BCUT2D eigenvalue weighted by Crippen LogP contribution is 2.15. The number of aromatic amines is 1. The quantitative estimate of drug-likeness (QED) is 0.724. The van der Waals surface area contributed by atoms with Gasteiger partial charge in [-0.15, -0.1) is 0 Å². The molecule has 0 bridgehead atoms. The first kappa shape index (κ1) is 12.6. The molecule has 102 valence electrons. The maximum absolute atomic E-state index is 12.1. The molecule has 0 aliphatic rings. The summed E-state index contributed by atoms with van der Waals surface area (Å²) in [5.41, 5.74) is 2.52. The monoisotopic (exact) mass is 289 g/mol. The van der Waals surface area contributed by atoms with Gasteiger partial charge in [-0.3, -0.25) is 4.79 Å². The zero-order chi connectivity index (χ0) is 14.1. The molecular weight excluding hydrogens is 278 g/mol. The van der Waals surface area contributed by atoms with Gasteiger partial charge < -0.3 is 19.1 Å². The smallest absolute Gasteiger partial charge is 0.266 e. The lowest BCUT2D eigenvalue weighted by Gasteiger charge is -2.03. The van der Waals surface area contributed by atoms with Crippen LogP contribution in [-0.4, -0.2) is 15.9 Å². The highest BCUT2D eigenvalue weighted by atomic mass is 32.1. The summed E-state index contributed by atoms with van der Waals surface area (Å²) in [6, 6.07) is 5.10. The van der Waals surface area contributed by atoms with Crippen LogP contribution >= 0.6 is 12.2 Å². The van der Waals surface area contributed by atoms with Crippen molar-refractivity contribution in [3.05, 3.63) is 46.4 Å². The van der Waals surface area contributed by atoms with E-state index >= 15 is 0 Å². The molecule has 0 saturated heterocycles. The van der Waals surface area contributed by atoms with Gasteiger partial charge in [-0.2, -0.15) is 0 Å². The lowest BCUT2D eigenvalue weighted by Crippen LogP contribution is -2.23. The Morgan fingerprint density at radius 2 is 2.35 bits per heavy atom. The Morgan fingerprint density at radius 1 is 1.50 bits per heavy atom. The van der Waals surface area contributed by atoms with Gasteiger partial charge in [0.15, 0.2) is 12.0 Å². The number of H-pyrrole nitrogens is 1. The minimum Gasteiger partial charge on any atom is -0.448 e. The molecule has 1 amide bonds. The Morgan fingerprint density at radius 3 is 3.10 bits per heavy atom. The van der Waals surface area contributed by atoms with E-state index in [-0.39, 0.29) is 10.7 Å².